The average Bonchev–Trinajstić information content (AvgIpc) is 2.66. The SMILES string of the molecule is C=C(C)C(=O)OCC(O)COc1cccc(OCC(O)COC(=O)C(=C)C)c1. The lowest BCUT2D eigenvalue weighted by molar-refractivity contribution is -0.143. The van der Waals surface area contributed by atoms with Gasteiger partial charge in [0.25, 0.3) is 0 Å². The zero-order valence-corrected chi connectivity index (χ0v) is 16.1. The summed E-state index contributed by atoms with van der Waals surface area (Å²) >= 11 is 0. The van der Waals surface area contributed by atoms with Crippen LogP contribution in [-0.2, 0) is 19.1 Å². The van der Waals surface area contributed by atoms with E-state index in [1.165, 1.54) is 13.8 Å². The zero-order chi connectivity index (χ0) is 21.1. The number of rotatable bonds is 12. The summed E-state index contributed by atoms with van der Waals surface area (Å²) in [6, 6.07) is 6.56. The highest BCUT2D eigenvalue weighted by atomic mass is 16.6. The molecule has 0 bridgehead atoms. The van der Waals surface area contributed by atoms with E-state index >= 15 is 0 Å². The van der Waals surface area contributed by atoms with E-state index < -0.39 is 24.1 Å². The summed E-state index contributed by atoms with van der Waals surface area (Å²) in [5, 5.41) is 19.6. The molecule has 1 rings (SSSR count). The minimum Gasteiger partial charge on any atom is -0.491 e. The van der Waals surface area contributed by atoms with E-state index in [4.69, 9.17) is 18.9 Å². The Bertz CT molecular complexity index is 642. The molecule has 0 aliphatic rings. The van der Waals surface area contributed by atoms with Crippen LogP contribution in [-0.4, -0.2) is 60.8 Å². The molecule has 2 atom stereocenters. The van der Waals surface area contributed by atoms with Gasteiger partial charge in [0.1, 0.15) is 50.1 Å². The van der Waals surface area contributed by atoms with Crippen molar-refractivity contribution in [3.63, 3.8) is 0 Å². The lowest BCUT2D eigenvalue weighted by atomic mass is 10.3. The maximum absolute atomic E-state index is 11.3. The van der Waals surface area contributed by atoms with Gasteiger partial charge < -0.3 is 29.2 Å². The van der Waals surface area contributed by atoms with Crippen LogP contribution in [0.3, 0.4) is 0 Å². The van der Waals surface area contributed by atoms with Crippen molar-refractivity contribution in [1.82, 2.24) is 0 Å². The summed E-state index contributed by atoms with van der Waals surface area (Å²) in [6.07, 6.45) is -2.00. The lowest BCUT2D eigenvalue weighted by Gasteiger charge is -2.15. The first-order valence-corrected chi connectivity index (χ1v) is 8.56. The van der Waals surface area contributed by atoms with E-state index in [0.29, 0.717) is 11.5 Å². The molecule has 0 saturated carbocycles. The highest BCUT2D eigenvalue weighted by molar-refractivity contribution is 5.87. The van der Waals surface area contributed by atoms with Crippen LogP contribution in [0.15, 0.2) is 48.6 Å². The van der Waals surface area contributed by atoms with Gasteiger partial charge >= 0.3 is 11.9 Å². The fraction of sp³-hybridized carbons (Fsp3) is 0.400. The number of aliphatic hydroxyl groups excluding tert-OH is 2. The van der Waals surface area contributed by atoms with Crippen LogP contribution < -0.4 is 9.47 Å². The molecule has 0 amide bonds. The van der Waals surface area contributed by atoms with E-state index in [1.54, 1.807) is 24.3 Å². The van der Waals surface area contributed by atoms with Crippen molar-refractivity contribution in [2.75, 3.05) is 26.4 Å². The van der Waals surface area contributed by atoms with E-state index in [9.17, 15) is 19.8 Å². The summed E-state index contributed by atoms with van der Waals surface area (Å²) in [7, 11) is 0. The molecule has 1 aromatic rings. The van der Waals surface area contributed by atoms with Gasteiger partial charge in [-0.15, -0.1) is 0 Å². The number of aliphatic hydroxyl groups is 2. The summed E-state index contributed by atoms with van der Waals surface area (Å²) in [5.74, 6) is -0.319. The molecule has 0 saturated heterocycles. The fourth-order valence-corrected chi connectivity index (χ4v) is 1.73. The Morgan fingerprint density at radius 2 is 1.25 bits per heavy atom. The topological polar surface area (TPSA) is 112 Å². The van der Waals surface area contributed by atoms with Crippen LogP contribution in [0.25, 0.3) is 0 Å². The smallest absolute Gasteiger partial charge is 0.333 e. The average molecular weight is 394 g/mol. The Morgan fingerprint density at radius 3 is 1.61 bits per heavy atom. The van der Waals surface area contributed by atoms with Crippen molar-refractivity contribution in [2.24, 2.45) is 0 Å². The van der Waals surface area contributed by atoms with Crippen molar-refractivity contribution in [2.45, 2.75) is 26.1 Å². The highest BCUT2D eigenvalue weighted by Crippen LogP contribution is 2.19. The maximum Gasteiger partial charge on any atom is 0.333 e. The second kappa shape index (κ2) is 11.8. The molecule has 0 aliphatic carbocycles. The molecule has 8 heteroatoms. The van der Waals surface area contributed by atoms with Crippen LogP contribution in [0, 0.1) is 0 Å². The highest BCUT2D eigenvalue weighted by Gasteiger charge is 2.12. The van der Waals surface area contributed by atoms with Crippen LogP contribution in [0.4, 0.5) is 0 Å². The molecule has 0 radical (unpaired) electrons. The molecule has 2 N–H and O–H groups in total. The number of ether oxygens (including phenoxy) is 4. The van der Waals surface area contributed by atoms with Crippen molar-refractivity contribution in [3.8, 4) is 11.5 Å². The quantitative estimate of drug-likeness (QED) is 0.404. The molecule has 154 valence electrons. The third kappa shape index (κ3) is 9.20. The van der Waals surface area contributed by atoms with Gasteiger partial charge in [-0.3, -0.25) is 0 Å². The summed E-state index contributed by atoms with van der Waals surface area (Å²) < 4.78 is 20.5. The van der Waals surface area contributed by atoms with E-state index in [0.717, 1.165) is 0 Å². The van der Waals surface area contributed by atoms with Gasteiger partial charge in [-0.2, -0.15) is 0 Å². The number of benzene rings is 1. The Balaban J connectivity index is 2.38. The van der Waals surface area contributed by atoms with Gasteiger partial charge in [0, 0.05) is 17.2 Å². The van der Waals surface area contributed by atoms with Crippen molar-refractivity contribution in [3.05, 3.63) is 48.6 Å². The van der Waals surface area contributed by atoms with Crippen LogP contribution in [0.2, 0.25) is 0 Å². The van der Waals surface area contributed by atoms with Gasteiger partial charge in [0.05, 0.1) is 0 Å². The predicted octanol–water partition coefficient (Wildman–Crippen LogP) is 1.40. The second-order valence-electron chi connectivity index (χ2n) is 6.16. The standard InChI is InChI=1S/C20H26O8/c1-13(2)19(23)27-11-15(21)9-25-17-6-5-7-18(8-17)26-10-16(22)12-28-20(24)14(3)4/h5-8,15-16,21-22H,1,3,9-12H2,2,4H3. The van der Waals surface area contributed by atoms with Crippen molar-refractivity contribution in [1.29, 1.82) is 0 Å². The van der Waals surface area contributed by atoms with Gasteiger partial charge in [-0.25, -0.2) is 9.59 Å². The lowest BCUT2D eigenvalue weighted by Crippen LogP contribution is -2.25. The Hall–Kier alpha value is -2.84. The molecule has 8 nitrogen and oxygen atoms in total. The largest absolute Gasteiger partial charge is 0.491 e. The van der Waals surface area contributed by atoms with Gasteiger partial charge in [0.2, 0.25) is 0 Å². The number of hydrogen-bond donors (Lipinski definition) is 2. The fourth-order valence-electron chi connectivity index (χ4n) is 1.73. The van der Waals surface area contributed by atoms with E-state index in [-0.39, 0.29) is 37.6 Å². The second-order valence-corrected chi connectivity index (χ2v) is 6.16. The first-order valence-electron chi connectivity index (χ1n) is 8.56. The van der Waals surface area contributed by atoms with Crippen LogP contribution in [0.1, 0.15) is 13.8 Å². The molecular weight excluding hydrogens is 368 g/mol. The maximum atomic E-state index is 11.3. The molecule has 0 spiro atoms. The van der Waals surface area contributed by atoms with Gasteiger partial charge in [-0.05, 0) is 26.0 Å². The molecule has 0 aromatic heterocycles. The Kier molecular flexibility index (Phi) is 9.76. The van der Waals surface area contributed by atoms with Crippen molar-refractivity contribution < 1.29 is 38.7 Å². The summed E-state index contributed by atoms with van der Waals surface area (Å²) in [6.45, 7) is 9.31. The molecule has 0 fully saturated rings. The molecular formula is C20H26O8. The van der Waals surface area contributed by atoms with E-state index in [1.807, 2.05) is 0 Å². The van der Waals surface area contributed by atoms with Crippen LogP contribution in [0.5, 0.6) is 11.5 Å². The molecule has 0 heterocycles. The predicted molar refractivity (Wildman–Crippen MR) is 101 cm³/mol. The Morgan fingerprint density at radius 1 is 0.857 bits per heavy atom. The third-order valence-electron chi connectivity index (χ3n) is 3.20. The minimum atomic E-state index is -1.00. The first-order chi connectivity index (χ1) is 13.2. The molecule has 1 aromatic carbocycles. The van der Waals surface area contributed by atoms with Crippen LogP contribution >= 0.6 is 0 Å². The van der Waals surface area contributed by atoms with Gasteiger partial charge in [0.15, 0.2) is 0 Å². The van der Waals surface area contributed by atoms with Gasteiger partial charge in [-0.1, -0.05) is 19.2 Å². The number of esters is 2. The third-order valence-corrected chi connectivity index (χ3v) is 3.20. The summed E-state index contributed by atoms with van der Waals surface area (Å²) in [5.41, 5.74) is 0.490. The monoisotopic (exact) mass is 394 g/mol. The Labute approximate surface area is 164 Å². The number of carbonyl (C=O) groups is 2. The molecule has 28 heavy (non-hydrogen) atoms. The first kappa shape index (κ1) is 23.2. The number of carbonyl (C=O) groups excluding carboxylic acids is 2. The zero-order valence-electron chi connectivity index (χ0n) is 16.1. The molecule has 0 aliphatic heterocycles. The number of hydrogen-bond acceptors (Lipinski definition) is 8. The normalized spacial score (nSPS) is 12.4. The minimum absolute atomic E-state index is 0.0909. The summed E-state index contributed by atoms with van der Waals surface area (Å²) in [4.78, 5) is 22.5. The van der Waals surface area contributed by atoms with E-state index in [2.05, 4.69) is 13.2 Å². The molecule has 2 unspecified atom stereocenters. The van der Waals surface area contributed by atoms with Crippen molar-refractivity contribution >= 4 is 11.9 Å².